The summed E-state index contributed by atoms with van der Waals surface area (Å²) in [5.41, 5.74) is 5.46. The maximum Gasteiger partial charge on any atom is 0.338 e. The summed E-state index contributed by atoms with van der Waals surface area (Å²) in [6.07, 6.45) is 0. The molecule has 0 fully saturated rings. The van der Waals surface area contributed by atoms with Gasteiger partial charge in [0.1, 0.15) is 11.5 Å². The zero-order valence-electron chi connectivity index (χ0n) is 19.0. The normalized spacial score (nSPS) is 10.3. The Morgan fingerprint density at radius 2 is 1.74 bits per heavy atom. The number of carbonyl (C=O) groups excluding carboxylic acids is 3. The van der Waals surface area contributed by atoms with Gasteiger partial charge < -0.3 is 14.2 Å². The molecule has 2 aromatic carbocycles. The van der Waals surface area contributed by atoms with Gasteiger partial charge in [-0.3, -0.25) is 25.8 Å². The van der Waals surface area contributed by atoms with Gasteiger partial charge in [-0.1, -0.05) is 29.8 Å². The van der Waals surface area contributed by atoms with Crippen LogP contribution in [-0.4, -0.2) is 42.7 Å². The fourth-order valence-corrected chi connectivity index (χ4v) is 2.98. The van der Waals surface area contributed by atoms with Crippen molar-refractivity contribution in [1.29, 1.82) is 0 Å². The lowest BCUT2D eigenvalue weighted by molar-refractivity contribution is -0.123. The molecule has 9 nitrogen and oxygen atoms in total. The highest BCUT2D eigenvalue weighted by Crippen LogP contribution is 2.23. The lowest BCUT2D eigenvalue weighted by Gasteiger charge is -2.15. The first-order valence-electron chi connectivity index (χ1n) is 10.4. The fraction of sp³-hybridized carbons (Fsp3) is 0.304. The average Bonchev–Trinajstić information content (AvgIpc) is 2.81. The maximum absolute atomic E-state index is 12.6. The number of rotatable bonds is 9. The Labute approximate surface area is 211 Å². The number of hydrazine groups is 1. The van der Waals surface area contributed by atoms with Crippen LogP contribution in [0.5, 0.6) is 11.5 Å². The molecule has 0 heterocycles. The predicted octanol–water partition coefficient (Wildman–Crippen LogP) is 3.38. The molecule has 182 valence electrons. The quantitative estimate of drug-likeness (QED) is 0.247. The Balaban J connectivity index is 1.81. The molecule has 0 aromatic heterocycles. The van der Waals surface area contributed by atoms with Gasteiger partial charge in [0.2, 0.25) is 0 Å². The molecule has 0 saturated carbocycles. The van der Waals surface area contributed by atoms with E-state index in [2.05, 4.69) is 32.1 Å². The molecule has 0 atom stereocenters. The van der Waals surface area contributed by atoms with Gasteiger partial charge in [-0.25, -0.2) is 4.79 Å². The Bertz CT molecular complexity index is 1030. The van der Waals surface area contributed by atoms with Crippen LogP contribution in [-0.2, 0) is 9.53 Å². The van der Waals surface area contributed by atoms with E-state index in [1.165, 1.54) is 12.1 Å². The smallest absolute Gasteiger partial charge is 0.338 e. The standard InChI is InChI=1S/C23H26BrN3O6S/c1-4-31-22(30)15-5-8-17(9-6-15)32-13-20(28)26-27-23(34)25-21(29)18-11-16(24)7-10-19(18)33-12-14(2)3/h5-11,14H,4,12-13H2,1-3H3,(H,26,28)(H2,25,27,29,34). The lowest BCUT2D eigenvalue weighted by atomic mass is 10.2. The molecule has 2 amide bonds. The summed E-state index contributed by atoms with van der Waals surface area (Å²) in [6.45, 7) is 6.14. The van der Waals surface area contributed by atoms with Crippen molar-refractivity contribution >= 4 is 51.0 Å². The number of hydrogen-bond acceptors (Lipinski definition) is 7. The van der Waals surface area contributed by atoms with Crippen LogP contribution in [0.2, 0.25) is 0 Å². The molecule has 11 heteroatoms. The van der Waals surface area contributed by atoms with Gasteiger partial charge in [0.15, 0.2) is 11.7 Å². The van der Waals surface area contributed by atoms with Crippen LogP contribution in [0.1, 0.15) is 41.5 Å². The second-order valence-corrected chi connectivity index (χ2v) is 8.66. The van der Waals surface area contributed by atoms with Crippen molar-refractivity contribution in [3.63, 3.8) is 0 Å². The minimum atomic E-state index is -0.533. The highest BCUT2D eigenvalue weighted by molar-refractivity contribution is 9.10. The summed E-state index contributed by atoms with van der Waals surface area (Å²) in [5, 5.41) is 2.38. The number of esters is 1. The highest BCUT2D eigenvalue weighted by Gasteiger charge is 2.16. The molecule has 0 aliphatic heterocycles. The number of amides is 2. The minimum absolute atomic E-state index is 0.105. The fourth-order valence-electron chi connectivity index (χ4n) is 2.48. The van der Waals surface area contributed by atoms with E-state index in [9.17, 15) is 14.4 Å². The van der Waals surface area contributed by atoms with Gasteiger partial charge in [0.25, 0.3) is 11.8 Å². The summed E-state index contributed by atoms with van der Waals surface area (Å²) in [5.74, 6) is -0.367. The van der Waals surface area contributed by atoms with Crippen LogP contribution in [0.15, 0.2) is 46.9 Å². The maximum atomic E-state index is 12.6. The van der Waals surface area contributed by atoms with Crippen LogP contribution in [0.3, 0.4) is 0 Å². The van der Waals surface area contributed by atoms with E-state index in [4.69, 9.17) is 26.4 Å². The molecule has 0 bridgehead atoms. The minimum Gasteiger partial charge on any atom is -0.492 e. The Morgan fingerprint density at radius 3 is 2.38 bits per heavy atom. The van der Waals surface area contributed by atoms with Gasteiger partial charge in [-0.15, -0.1) is 0 Å². The van der Waals surface area contributed by atoms with Crippen LogP contribution in [0.4, 0.5) is 0 Å². The molecule has 0 aliphatic rings. The van der Waals surface area contributed by atoms with Gasteiger partial charge in [-0.2, -0.15) is 0 Å². The Kier molecular flexibility index (Phi) is 10.8. The summed E-state index contributed by atoms with van der Waals surface area (Å²) in [7, 11) is 0. The molecule has 3 N–H and O–H groups in total. The summed E-state index contributed by atoms with van der Waals surface area (Å²) in [6, 6.07) is 11.3. The second kappa shape index (κ2) is 13.5. The van der Waals surface area contributed by atoms with Crippen LogP contribution >= 0.6 is 28.1 Å². The topological polar surface area (TPSA) is 115 Å². The van der Waals surface area contributed by atoms with Crippen LogP contribution in [0, 0.1) is 5.92 Å². The van der Waals surface area contributed by atoms with Crippen LogP contribution in [0.25, 0.3) is 0 Å². The third kappa shape index (κ3) is 8.99. The van der Waals surface area contributed by atoms with Gasteiger partial charge in [-0.05, 0) is 67.5 Å². The lowest BCUT2D eigenvalue weighted by Crippen LogP contribution is -2.49. The monoisotopic (exact) mass is 551 g/mol. The number of ether oxygens (including phenoxy) is 3. The van der Waals surface area contributed by atoms with E-state index >= 15 is 0 Å². The molecule has 0 radical (unpaired) electrons. The average molecular weight is 552 g/mol. The van der Waals surface area contributed by atoms with Crippen molar-refractivity contribution in [2.24, 2.45) is 5.92 Å². The highest BCUT2D eigenvalue weighted by atomic mass is 79.9. The third-order valence-corrected chi connectivity index (χ3v) is 4.73. The molecule has 2 rings (SSSR count). The first kappa shape index (κ1) is 27.1. The van der Waals surface area contributed by atoms with Gasteiger partial charge >= 0.3 is 5.97 Å². The first-order chi connectivity index (χ1) is 16.2. The predicted molar refractivity (Wildman–Crippen MR) is 134 cm³/mol. The molecule has 0 unspecified atom stereocenters. The molecule has 34 heavy (non-hydrogen) atoms. The molecular weight excluding hydrogens is 526 g/mol. The summed E-state index contributed by atoms with van der Waals surface area (Å²) >= 11 is 8.41. The van der Waals surface area contributed by atoms with Gasteiger partial charge in [0, 0.05) is 4.47 Å². The van der Waals surface area contributed by atoms with Crippen molar-refractivity contribution in [3.05, 3.63) is 58.1 Å². The molecule has 2 aromatic rings. The van der Waals surface area contributed by atoms with E-state index in [0.717, 1.165) is 0 Å². The van der Waals surface area contributed by atoms with E-state index in [-0.39, 0.29) is 24.2 Å². The number of hydrogen-bond donors (Lipinski definition) is 3. The van der Waals surface area contributed by atoms with E-state index in [1.54, 1.807) is 37.3 Å². The van der Waals surface area contributed by atoms with Crippen molar-refractivity contribution in [2.75, 3.05) is 19.8 Å². The van der Waals surface area contributed by atoms with Crippen molar-refractivity contribution in [2.45, 2.75) is 20.8 Å². The number of nitrogens with one attached hydrogen (secondary N) is 3. The second-order valence-electron chi connectivity index (χ2n) is 7.34. The van der Waals surface area contributed by atoms with E-state index in [1.807, 2.05) is 13.8 Å². The zero-order valence-corrected chi connectivity index (χ0v) is 21.4. The van der Waals surface area contributed by atoms with Crippen molar-refractivity contribution in [3.8, 4) is 11.5 Å². The zero-order chi connectivity index (χ0) is 25.1. The summed E-state index contributed by atoms with van der Waals surface area (Å²) in [4.78, 5) is 36.3. The first-order valence-corrected chi connectivity index (χ1v) is 11.6. The SMILES string of the molecule is CCOC(=O)c1ccc(OCC(=O)NNC(=S)NC(=O)c2cc(Br)ccc2OCC(C)C)cc1. The third-order valence-electron chi connectivity index (χ3n) is 4.04. The number of carbonyl (C=O) groups is 3. The van der Waals surface area contributed by atoms with Crippen LogP contribution < -0.4 is 25.6 Å². The summed E-state index contributed by atoms with van der Waals surface area (Å²) < 4.78 is 16.7. The largest absolute Gasteiger partial charge is 0.492 e. The molecule has 0 spiro atoms. The van der Waals surface area contributed by atoms with E-state index in [0.29, 0.717) is 33.7 Å². The Hall–Kier alpha value is -3.18. The van der Waals surface area contributed by atoms with Crippen molar-refractivity contribution < 1.29 is 28.6 Å². The van der Waals surface area contributed by atoms with Gasteiger partial charge in [0.05, 0.1) is 24.3 Å². The number of halogens is 1. The number of thiocarbonyl (C=S) groups is 1. The van der Waals surface area contributed by atoms with E-state index < -0.39 is 17.8 Å². The molecule has 0 aliphatic carbocycles. The van der Waals surface area contributed by atoms with Crippen molar-refractivity contribution in [1.82, 2.24) is 16.2 Å². The number of benzene rings is 2. The molecule has 0 saturated heterocycles. The Morgan fingerprint density at radius 1 is 1.03 bits per heavy atom. The molecular formula is C23H26BrN3O6S.